The number of phenolic OH excluding ortho intramolecular Hbond substituents is 1. The minimum Gasteiger partial charge on any atom is -0.508 e. The first-order valence-electron chi connectivity index (χ1n) is 6.57. The van der Waals surface area contributed by atoms with Gasteiger partial charge in [0.05, 0.1) is 12.8 Å². The lowest BCUT2D eigenvalue weighted by atomic mass is 10.1. The summed E-state index contributed by atoms with van der Waals surface area (Å²) in [6.45, 7) is 0. The van der Waals surface area contributed by atoms with Crippen LogP contribution in [-0.2, 0) is 6.42 Å². The van der Waals surface area contributed by atoms with E-state index in [1.165, 1.54) is 0 Å². The van der Waals surface area contributed by atoms with E-state index in [1.807, 2.05) is 24.3 Å². The van der Waals surface area contributed by atoms with Gasteiger partial charge in [-0.3, -0.25) is 10.1 Å². The fourth-order valence-corrected chi connectivity index (χ4v) is 2.24. The molecule has 0 saturated heterocycles. The summed E-state index contributed by atoms with van der Waals surface area (Å²) in [5, 5.41) is 17.3. The van der Waals surface area contributed by atoms with Crippen LogP contribution in [0.15, 0.2) is 48.8 Å². The Morgan fingerprint density at radius 3 is 2.76 bits per heavy atom. The van der Waals surface area contributed by atoms with Gasteiger partial charge in [-0.05, 0) is 30.3 Å². The Morgan fingerprint density at radius 2 is 2.00 bits per heavy atom. The number of nitrogens with one attached hydrogen (secondary N) is 1. The molecule has 0 unspecified atom stereocenters. The Balaban J connectivity index is 1.89. The smallest absolute Gasteiger partial charge is 0.126 e. The van der Waals surface area contributed by atoms with E-state index in [9.17, 15) is 5.11 Å². The van der Waals surface area contributed by atoms with Crippen molar-refractivity contribution in [1.29, 1.82) is 0 Å². The summed E-state index contributed by atoms with van der Waals surface area (Å²) in [5.74, 6) is 0.879. The average Bonchev–Trinajstić information content (AvgIpc) is 2.99. The first kappa shape index (κ1) is 13.2. The number of hydrogen-bond acceptors (Lipinski definition) is 4. The van der Waals surface area contributed by atoms with Gasteiger partial charge in [0.2, 0.25) is 0 Å². The van der Waals surface area contributed by atoms with E-state index in [4.69, 9.17) is 4.74 Å². The zero-order chi connectivity index (χ0) is 14.7. The topological polar surface area (TPSA) is 71.0 Å². The Kier molecular flexibility index (Phi) is 3.55. The predicted molar refractivity (Wildman–Crippen MR) is 79.3 cm³/mol. The van der Waals surface area contributed by atoms with Crippen LogP contribution in [0.25, 0.3) is 11.3 Å². The Morgan fingerprint density at radius 1 is 1.19 bits per heavy atom. The highest BCUT2D eigenvalue weighted by Gasteiger charge is 2.11. The standard InChI is InChI=1S/C16H15N3O2/c1-21-16-4-2-3-15(20)13(16)9-12-10-14(19-18-12)11-5-7-17-8-6-11/h2-8,10,20H,9H2,1H3,(H,18,19). The summed E-state index contributed by atoms with van der Waals surface area (Å²) in [5.41, 5.74) is 3.49. The van der Waals surface area contributed by atoms with Crippen LogP contribution in [0.5, 0.6) is 11.5 Å². The van der Waals surface area contributed by atoms with Crippen molar-refractivity contribution in [3.05, 3.63) is 60.0 Å². The second-order valence-electron chi connectivity index (χ2n) is 4.65. The summed E-state index contributed by atoms with van der Waals surface area (Å²) < 4.78 is 5.29. The predicted octanol–water partition coefficient (Wildman–Crippen LogP) is 2.78. The van der Waals surface area contributed by atoms with Crippen molar-refractivity contribution < 1.29 is 9.84 Å². The van der Waals surface area contributed by atoms with Crippen LogP contribution in [0, 0.1) is 0 Å². The van der Waals surface area contributed by atoms with Gasteiger partial charge in [0.1, 0.15) is 11.5 Å². The largest absolute Gasteiger partial charge is 0.508 e. The summed E-state index contributed by atoms with van der Waals surface area (Å²) in [6.07, 6.45) is 3.99. The molecule has 5 nitrogen and oxygen atoms in total. The summed E-state index contributed by atoms with van der Waals surface area (Å²) in [4.78, 5) is 3.99. The molecule has 2 aromatic heterocycles. The third-order valence-electron chi connectivity index (χ3n) is 3.30. The highest BCUT2D eigenvalue weighted by molar-refractivity contribution is 5.58. The van der Waals surface area contributed by atoms with Crippen LogP contribution >= 0.6 is 0 Å². The van der Waals surface area contributed by atoms with Crippen LogP contribution in [0.4, 0.5) is 0 Å². The molecule has 0 aliphatic carbocycles. The third kappa shape index (κ3) is 2.72. The average molecular weight is 281 g/mol. The molecule has 2 N–H and O–H groups in total. The lowest BCUT2D eigenvalue weighted by molar-refractivity contribution is 0.401. The molecule has 0 fully saturated rings. The lowest BCUT2D eigenvalue weighted by Gasteiger charge is -2.08. The molecule has 0 radical (unpaired) electrons. The third-order valence-corrected chi connectivity index (χ3v) is 3.30. The number of methoxy groups -OCH3 is 1. The number of ether oxygens (including phenoxy) is 1. The first-order chi connectivity index (χ1) is 10.3. The highest BCUT2D eigenvalue weighted by atomic mass is 16.5. The molecule has 106 valence electrons. The molecule has 5 heteroatoms. The van der Waals surface area contributed by atoms with Crippen LogP contribution in [0.3, 0.4) is 0 Å². The van der Waals surface area contributed by atoms with Gasteiger partial charge in [0.25, 0.3) is 0 Å². The maximum Gasteiger partial charge on any atom is 0.126 e. The maximum atomic E-state index is 9.99. The van der Waals surface area contributed by atoms with E-state index in [1.54, 1.807) is 31.6 Å². The minimum atomic E-state index is 0.217. The van der Waals surface area contributed by atoms with E-state index in [0.29, 0.717) is 12.2 Å². The van der Waals surface area contributed by atoms with Crippen molar-refractivity contribution in [2.75, 3.05) is 7.11 Å². The molecule has 0 bridgehead atoms. The Hall–Kier alpha value is -2.82. The number of phenols is 1. The quantitative estimate of drug-likeness (QED) is 0.771. The number of pyridine rings is 1. The zero-order valence-electron chi connectivity index (χ0n) is 11.6. The molecule has 21 heavy (non-hydrogen) atoms. The van der Waals surface area contributed by atoms with Gasteiger partial charge in [-0.25, -0.2) is 0 Å². The van der Waals surface area contributed by atoms with Crippen LogP contribution in [-0.4, -0.2) is 27.4 Å². The van der Waals surface area contributed by atoms with E-state index in [0.717, 1.165) is 22.5 Å². The number of benzene rings is 1. The van der Waals surface area contributed by atoms with E-state index in [2.05, 4.69) is 15.2 Å². The number of hydrogen-bond donors (Lipinski definition) is 2. The Bertz CT molecular complexity index is 738. The number of rotatable bonds is 4. The van der Waals surface area contributed by atoms with E-state index in [-0.39, 0.29) is 5.75 Å². The van der Waals surface area contributed by atoms with Crippen LogP contribution < -0.4 is 4.74 Å². The minimum absolute atomic E-state index is 0.217. The summed E-state index contributed by atoms with van der Waals surface area (Å²) in [7, 11) is 1.59. The summed E-state index contributed by atoms with van der Waals surface area (Å²) >= 11 is 0. The lowest BCUT2D eigenvalue weighted by Crippen LogP contribution is -1.94. The molecular formula is C16H15N3O2. The van der Waals surface area contributed by atoms with Crippen molar-refractivity contribution in [1.82, 2.24) is 15.2 Å². The van der Waals surface area contributed by atoms with Gasteiger partial charge in [0, 0.05) is 35.6 Å². The zero-order valence-corrected chi connectivity index (χ0v) is 11.6. The first-order valence-corrected chi connectivity index (χ1v) is 6.57. The molecule has 2 heterocycles. The van der Waals surface area contributed by atoms with E-state index >= 15 is 0 Å². The van der Waals surface area contributed by atoms with Gasteiger partial charge in [-0.1, -0.05) is 6.07 Å². The number of aromatic hydroxyl groups is 1. The monoisotopic (exact) mass is 281 g/mol. The molecule has 1 aromatic carbocycles. The summed E-state index contributed by atoms with van der Waals surface area (Å²) in [6, 6.07) is 11.0. The van der Waals surface area contributed by atoms with Crippen LogP contribution in [0.1, 0.15) is 11.3 Å². The molecule has 3 aromatic rings. The van der Waals surface area contributed by atoms with Crippen LogP contribution in [0.2, 0.25) is 0 Å². The van der Waals surface area contributed by atoms with Gasteiger partial charge >= 0.3 is 0 Å². The number of H-pyrrole nitrogens is 1. The van der Waals surface area contributed by atoms with Crippen molar-refractivity contribution in [3.8, 4) is 22.8 Å². The maximum absolute atomic E-state index is 9.99. The molecule has 0 saturated carbocycles. The highest BCUT2D eigenvalue weighted by Crippen LogP contribution is 2.30. The van der Waals surface area contributed by atoms with Gasteiger partial charge < -0.3 is 9.84 Å². The Labute approximate surface area is 122 Å². The van der Waals surface area contributed by atoms with Crippen molar-refractivity contribution >= 4 is 0 Å². The number of aromatic amines is 1. The van der Waals surface area contributed by atoms with E-state index < -0.39 is 0 Å². The van der Waals surface area contributed by atoms with Gasteiger partial charge in [-0.2, -0.15) is 5.10 Å². The molecule has 0 spiro atoms. The molecule has 0 aliphatic heterocycles. The SMILES string of the molecule is COc1cccc(O)c1Cc1cc(-c2ccncc2)n[nH]1. The van der Waals surface area contributed by atoms with Crippen molar-refractivity contribution in [3.63, 3.8) is 0 Å². The van der Waals surface area contributed by atoms with Gasteiger partial charge in [0.15, 0.2) is 0 Å². The normalized spacial score (nSPS) is 10.5. The molecule has 0 atom stereocenters. The van der Waals surface area contributed by atoms with Gasteiger partial charge in [-0.15, -0.1) is 0 Å². The number of nitrogens with zero attached hydrogens (tertiary/aromatic N) is 2. The molecule has 0 aliphatic rings. The molecule has 0 amide bonds. The van der Waals surface area contributed by atoms with Crippen molar-refractivity contribution in [2.45, 2.75) is 6.42 Å². The molecule has 3 rings (SSSR count). The number of aromatic nitrogens is 3. The fourth-order valence-electron chi connectivity index (χ4n) is 2.24. The molecular weight excluding hydrogens is 266 g/mol. The second-order valence-corrected chi connectivity index (χ2v) is 4.65. The fraction of sp³-hybridized carbons (Fsp3) is 0.125. The second kappa shape index (κ2) is 5.66. The van der Waals surface area contributed by atoms with Crippen molar-refractivity contribution in [2.24, 2.45) is 0 Å².